The first-order valence-corrected chi connectivity index (χ1v) is 4.91. The van der Waals surface area contributed by atoms with Gasteiger partial charge in [-0.15, -0.1) is 0 Å². The van der Waals surface area contributed by atoms with Gasteiger partial charge in [-0.3, -0.25) is 14.8 Å². The van der Waals surface area contributed by atoms with Gasteiger partial charge in [0.15, 0.2) is 0 Å². The Morgan fingerprint density at radius 3 is 2.67 bits per heavy atom. The third kappa shape index (κ3) is 3.36. The Morgan fingerprint density at radius 1 is 1.53 bits per heavy atom. The molecular weight excluding hydrogens is 194 g/mol. The lowest BCUT2D eigenvalue weighted by Crippen LogP contribution is -2.27. The molecule has 0 atom stereocenters. The number of rotatable bonds is 5. The molecule has 2 N–H and O–H groups in total. The van der Waals surface area contributed by atoms with E-state index in [1.807, 2.05) is 13.8 Å². The Kier molecular flexibility index (Phi) is 3.85. The number of carboxylic acid groups (broad SMARTS) is 1. The van der Waals surface area contributed by atoms with E-state index in [1.165, 1.54) is 5.56 Å². The zero-order valence-corrected chi connectivity index (χ0v) is 9.37. The third-order valence-electron chi connectivity index (χ3n) is 2.43. The second kappa shape index (κ2) is 4.93. The van der Waals surface area contributed by atoms with E-state index in [0.29, 0.717) is 0 Å². The number of nitrogens with one attached hydrogen (secondary N) is 1. The Morgan fingerprint density at radius 2 is 2.20 bits per heavy atom. The van der Waals surface area contributed by atoms with Crippen LogP contribution in [0.3, 0.4) is 0 Å². The number of carbonyl (C=O) groups is 1. The molecule has 0 saturated carbocycles. The third-order valence-corrected chi connectivity index (χ3v) is 2.43. The van der Waals surface area contributed by atoms with Crippen molar-refractivity contribution >= 4 is 5.97 Å². The summed E-state index contributed by atoms with van der Waals surface area (Å²) in [6, 6.07) is 0. The fraction of sp³-hybridized carbons (Fsp3) is 0.600. The van der Waals surface area contributed by atoms with Gasteiger partial charge in [-0.25, -0.2) is 0 Å². The molecule has 84 valence electrons. The standard InChI is InChI=1S/C10H17N3O2/c1-7-9(8(2)12-11-7)4-5-13(3)6-10(14)15/h4-6H2,1-3H3,(H,11,12)(H,14,15). The summed E-state index contributed by atoms with van der Waals surface area (Å²) < 4.78 is 0. The summed E-state index contributed by atoms with van der Waals surface area (Å²) in [6.45, 7) is 4.74. The predicted octanol–water partition coefficient (Wildman–Crippen LogP) is 0.585. The molecule has 0 radical (unpaired) electrons. The lowest BCUT2D eigenvalue weighted by Gasteiger charge is -2.13. The van der Waals surface area contributed by atoms with E-state index in [1.54, 1.807) is 11.9 Å². The van der Waals surface area contributed by atoms with Gasteiger partial charge in [0.25, 0.3) is 0 Å². The van der Waals surface area contributed by atoms with E-state index in [0.717, 1.165) is 24.4 Å². The molecule has 1 rings (SSSR count). The number of carboxylic acids is 1. The van der Waals surface area contributed by atoms with Gasteiger partial charge in [-0.1, -0.05) is 0 Å². The van der Waals surface area contributed by atoms with E-state index in [2.05, 4.69) is 10.2 Å². The second-order valence-corrected chi connectivity index (χ2v) is 3.79. The van der Waals surface area contributed by atoms with Crippen LogP contribution in [0.25, 0.3) is 0 Å². The van der Waals surface area contributed by atoms with E-state index < -0.39 is 5.97 Å². The van der Waals surface area contributed by atoms with Crippen LogP contribution in [0.1, 0.15) is 17.0 Å². The molecule has 0 aromatic carbocycles. The lowest BCUT2D eigenvalue weighted by atomic mass is 10.1. The minimum absolute atomic E-state index is 0.0793. The topological polar surface area (TPSA) is 69.2 Å². The number of hydrogen-bond acceptors (Lipinski definition) is 3. The Hall–Kier alpha value is -1.36. The number of aromatic nitrogens is 2. The molecule has 0 spiro atoms. The summed E-state index contributed by atoms with van der Waals surface area (Å²) in [5, 5.41) is 15.6. The van der Waals surface area contributed by atoms with E-state index >= 15 is 0 Å². The number of H-pyrrole nitrogens is 1. The summed E-state index contributed by atoms with van der Waals surface area (Å²) in [7, 11) is 1.80. The fourth-order valence-corrected chi connectivity index (χ4v) is 1.56. The summed E-state index contributed by atoms with van der Waals surface area (Å²) >= 11 is 0. The fourth-order valence-electron chi connectivity index (χ4n) is 1.56. The molecule has 15 heavy (non-hydrogen) atoms. The zero-order valence-electron chi connectivity index (χ0n) is 9.37. The van der Waals surface area contributed by atoms with Crippen molar-refractivity contribution in [1.82, 2.24) is 15.1 Å². The minimum atomic E-state index is -0.793. The maximum Gasteiger partial charge on any atom is 0.317 e. The average molecular weight is 211 g/mol. The SMILES string of the molecule is Cc1n[nH]c(C)c1CCN(C)CC(=O)O. The van der Waals surface area contributed by atoms with Crippen molar-refractivity contribution in [3.05, 3.63) is 17.0 Å². The first-order valence-electron chi connectivity index (χ1n) is 4.91. The van der Waals surface area contributed by atoms with Crippen LogP contribution in [0, 0.1) is 13.8 Å². The quantitative estimate of drug-likeness (QED) is 0.747. The predicted molar refractivity (Wildman–Crippen MR) is 56.9 cm³/mol. The summed E-state index contributed by atoms with van der Waals surface area (Å²) in [6.07, 6.45) is 0.831. The molecular formula is C10H17N3O2. The van der Waals surface area contributed by atoms with Gasteiger partial charge in [0.05, 0.1) is 12.2 Å². The van der Waals surface area contributed by atoms with E-state index in [-0.39, 0.29) is 6.54 Å². The van der Waals surface area contributed by atoms with Crippen LogP contribution in [0.4, 0.5) is 0 Å². The van der Waals surface area contributed by atoms with Gasteiger partial charge in [0.1, 0.15) is 0 Å². The molecule has 0 saturated heterocycles. The number of aliphatic carboxylic acids is 1. The van der Waals surface area contributed by atoms with Crippen LogP contribution in [-0.4, -0.2) is 46.3 Å². The molecule has 5 heteroatoms. The molecule has 0 fully saturated rings. The first-order chi connectivity index (χ1) is 7.00. The minimum Gasteiger partial charge on any atom is -0.480 e. The monoisotopic (exact) mass is 211 g/mol. The highest BCUT2D eigenvalue weighted by Crippen LogP contribution is 2.10. The van der Waals surface area contributed by atoms with Gasteiger partial charge < -0.3 is 5.11 Å². The molecule has 0 aliphatic heterocycles. The van der Waals surface area contributed by atoms with Gasteiger partial charge in [0, 0.05) is 12.2 Å². The number of aryl methyl sites for hydroxylation is 2. The summed E-state index contributed by atoms with van der Waals surface area (Å²) in [4.78, 5) is 12.2. The number of hydrogen-bond donors (Lipinski definition) is 2. The molecule has 0 bridgehead atoms. The Balaban J connectivity index is 2.46. The van der Waals surface area contributed by atoms with Crippen LogP contribution in [-0.2, 0) is 11.2 Å². The Labute approximate surface area is 89.1 Å². The van der Waals surface area contributed by atoms with Gasteiger partial charge in [-0.05, 0) is 32.9 Å². The normalized spacial score (nSPS) is 10.9. The first kappa shape index (κ1) is 11.7. The zero-order chi connectivity index (χ0) is 11.4. The van der Waals surface area contributed by atoms with Crippen molar-refractivity contribution in [1.29, 1.82) is 0 Å². The van der Waals surface area contributed by atoms with Crippen molar-refractivity contribution in [3.63, 3.8) is 0 Å². The van der Waals surface area contributed by atoms with Crippen LogP contribution in [0.15, 0.2) is 0 Å². The van der Waals surface area contributed by atoms with Gasteiger partial charge >= 0.3 is 5.97 Å². The molecule has 0 unspecified atom stereocenters. The summed E-state index contributed by atoms with van der Waals surface area (Å²) in [5.74, 6) is -0.793. The highest BCUT2D eigenvalue weighted by atomic mass is 16.4. The second-order valence-electron chi connectivity index (χ2n) is 3.79. The molecule has 1 aromatic rings. The summed E-state index contributed by atoms with van der Waals surface area (Å²) in [5.41, 5.74) is 3.25. The highest BCUT2D eigenvalue weighted by Gasteiger charge is 2.09. The van der Waals surface area contributed by atoms with Crippen LogP contribution in [0.2, 0.25) is 0 Å². The van der Waals surface area contributed by atoms with Crippen molar-refractivity contribution in [2.75, 3.05) is 20.1 Å². The average Bonchev–Trinajstić information content (AvgIpc) is 2.42. The molecule has 0 aliphatic rings. The smallest absolute Gasteiger partial charge is 0.317 e. The maximum atomic E-state index is 10.4. The van der Waals surface area contributed by atoms with E-state index in [9.17, 15) is 4.79 Å². The number of nitrogens with zero attached hydrogens (tertiary/aromatic N) is 2. The maximum absolute atomic E-state index is 10.4. The van der Waals surface area contributed by atoms with Crippen molar-refractivity contribution < 1.29 is 9.90 Å². The Bertz CT molecular complexity index is 327. The molecule has 0 amide bonds. The van der Waals surface area contributed by atoms with Crippen LogP contribution in [0.5, 0.6) is 0 Å². The van der Waals surface area contributed by atoms with Gasteiger partial charge in [0.2, 0.25) is 0 Å². The molecule has 1 aromatic heterocycles. The van der Waals surface area contributed by atoms with E-state index in [4.69, 9.17) is 5.11 Å². The van der Waals surface area contributed by atoms with Crippen molar-refractivity contribution in [3.8, 4) is 0 Å². The van der Waals surface area contributed by atoms with Crippen molar-refractivity contribution in [2.45, 2.75) is 20.3 Å². The molecule has 1 heterocycles. The number of likely N-dealkylation sites (N-methyl/N-ethyl adjacent to an activating group) is 1. The lowest BCUT2D eigenvalue weighted by molar-refractivity contribution is -0.137. The van der Waals surface area contributed by atoms with Gasteiger partial charge in [-0.2, -0.15) is 5.10 Å². The van der Waals surface area contributed by atoms with Crippen LogP contribution >= 0.6 is 0 Å². The molecule has 5 nitrogen and oxygen atoms in total. The molecule has 0 aliphatic carbocycles. The van der Waals surface area contributed by atoms with Crippen molar-refractivity contribution in [2.24, 2.45) is 0 Å². The number of aromatic amines is 1. The largest absolute Gasteiger partial charge is 0.480 e. The van der Waals surface area contributed by atoms with Crippen LogP contribution < -0.4 is 0 Å². The highest BCUT2D eigenvalue weighted by molar-refractivity contribution is 5.68.